The normalized spacial score (nSPS) is 10.7. The summed E-state index contributed by atoms with van der Waals surface area (Å²) in [5.41, 5.74) is 0.525. The number of pyridine rings is 1. The van der Waals surface area contributed by atoms with E-state index in [9.17, 15) is 0 Å². The fourth-order valence-electron chi connectivity index (χ4n) is 1.46. The highest BCUT2D eigenvalue weighted by Crippen LogP contribution is 2.13. The van der Waals surface area contributed by atoms with Gasteiger partial charge in [0.05, 0.1) is 11.6 Å². The summed E-state index contributed by atoms with van der Waals surface area (Å²) in [6, 6.07) is 5.88. The quantitative estimate of drug-likeness (QED) is 0.635. The molecule has 0 saturated carbocycles. The number of nitriles is 1. The van der Waals surface area contributed by atoms with Crippen molar-refractivity contribution in [3.8, 4) is 6.07 Å². The molecule has 0 aliphatic carbocycles. The first kappa shape index (κ1) is 14.7. The molecule has 1 N–H and O–H groups in total. The number of hydrogen-bond acceptors (Lipinski definition) is 4. The molecule has 0 aliphatic rings. The second-order valence-corrected chi connectivity index (χ2v) is 4.92. The predicted octanol–water partition coefficient (Wildman–Crippen LogP) is 2.75. The lowest BCUT2D eigenvalue weighted by Gasteiger charge is -2.20. The van der Waals surface area contributed by atoms with Gasteiger partial charge in [0.25, 0.3) is 0 Å². The molecular weight excluding hydrogens is 248 g/mol. The zero-order chi connectivity index (χ0) is 13.5. The van der Waals surface area contributed by atoms with E-state index in [1.807, 2.05) is 0 Å². The van der Waals surface area contributed by atoms with Crippen LogP contribution in [0, 0.1) is 11.3 Å². The van der Waals surface area contributed by atoms with Crippen LogP contribution in [-0.4, -0.2) is 36.1 Å². The van der Waals surface area contributed by atoms with Crippen molar-refractivity contribution in [1.29, 1.82) is 5.26 Å². The number of rotatable bonds is 6. The van der Waals surface area contributed by atoms with Gasteiger partial charge in [-0.15, -0.1) is 0 Å². The van der Waals surface area contributed by atoms with Crippen molar-refractivity contribution in [1.82, 2.24) is 9.88 Å². The Hall–Kier alpha value is -1.31. The molecule has 0 fully saturated rings. The number of aromatic nitrogens is 1. The predicted molar refractivity (Wildman–Crippen MR) is 74.8 cm³/mol. The van der Waals surface area contributed by atoms with E-state index in [1.54, 1.807) is 12.1 Å². The van der Waals surface area contributed by atoms with Crippen molar-refractivity contribution in [2.45, 2.75) is 26.3 Å². The van der Waals surface area contributed by atoms with Gasteiger partial charge in [-0.3, -0.25) is 0 Å². The summed E-state index contributed by atoms with van der Waals surface area (Å²) in [5, 5.41) is 12.3. The number of anilines is 1. The molecule has 0 radical (unpaired) electrons. The summed E-state index contributed by atoms with van der Waals surface area (Å²) in [4.78, 5) is 6.41. The Morgan fingerprint density at radius 3 is 2.83 bits per heavy atom. The molecule has 18 heavy (non-hydrogen) atoms. The van der Waals surface area contributed by atoms with Crippen molar-refractivity contribution in [3.05, 3.63) is 22.8 Å². The molecule has 0 aliphatic heterocycles. The zero-order valence-electron chi connectivity index (χ0n) is 11.1. The molecule has 0 unspecified atom stereocenters. The van der Waals surface area contributed by atoms with Crippen molar-refractivity contribution in [2.24, 2.45) is 0 Å². The Labute approximate surface area is 114 Å². The monoisotopic (exact) mass is 266 g/mol. The van der Waals surface area contributed by atoms with Gasteiger partial charge in [-0.05, 0) is 46.0 Å². The topological polar surface area (TPSA) is 52.0 Å². The van der Waals surface area contributed by atoms with Crippen LogP contribution in [0.15, 0.2) is 12.1 Å². The van der Waals surface area contributed by atoms with E-state index in [0.29, 0.717) is 22.6 Å². The highest BCUT2D eigenvalue weighted by Gasteiger charge is 2.03. The molecule has 5 heteroatoms. The van der Waals surface area contributed by atoms with E-state index in [-0.39, 0.29) is 0 Å². The molecule has 1 rings (SSSR count). The van der Waals surface area contributed by atoms with Gasteiger partial charge in [0.2, 0.25) is 0 Å². The average molecular weight is 267 g/mol. The van der Waals surface area contributed by atoms with E-state index in [0.717, 1.165) is 19.5 Å². The Kier molecular flexibility index (Phi) is 5.90. The second kappa shape index (κ2) is 7.20. The first-order valence-electron chi connectivity index (χ1n) is 6.04. The maximum Gasteiger partial charge on any atom is 0.132 e. The van der Waals surface area contributed by atoms with Gasteiger partial charge in [0.1, 0.15) is 11.0 Å². The SMILES string of the molecule is CC(C)N(C)CCCNc1cc(C#N)cc(Cl)n1. The number of nitrogens with one attached hydrogen (secondary N) is 1. The molecule has 0 saturated heterocycles. The summed E-state index contributed by atoms with van der Waals surface area (Å²) < 4.78 is 0. The first-order chi connectivity index (χ1) is 8.52. The number of halogens is 1. The molecule has 0 bridgehead atoms. The molecule has 0 spiro atoms. The van der Waals surface area contributed by atoms with Crippen LogP contribution < -0.4 is 5.32 Å². The third kappa shape index (κ3) is 4.91. The van der Waals surface area contributed by atoms with Gasteiger partial charge in [-0.25, -0.2) is 4.98 Å². The van der Waals surface area contributed by atoms with E-state index in [1.165, 1.54) is 0 Å². The van der Waals surface area contributed by atoms with Gasteiger partial charge < -0.3 is 10.2 Å². The van der Waals surface area contributed by atoms with Crippen molar-refractivity contribution in [2.75, 3.05) is 25.5 Å². The molecule has 1 aromatic heterocycles. The van der Waals surface area contributed by atoms with Crippen LogP contribution in [-0.2, 0) is 0 Å². The lowest BCUT2D eigenvalue weighted by molar-refractivity contribution is 0.273. The van der Waals surface area contributed by atoms with Gasteiger partial charge in [-0.2, -0.15) is 5.26 Å². The van der Waals surface area contributed by atoms with Gasteiger partial charge in [-0.1, -0.05) is 11.6 Å². The minimum absolute atomic E-state index is 0.343. The summed E-state index contributed by atoms with van der Waals surface area (Å²) in [5.74, 6) is 0.659. The summed E-state index contributed by atoms with van der Waals surface area (Å²) >= 11 is 5.82. The van der Waals surface area contributed by atoms with E-state index in [2.05, 4.69) is 42.2 Å². The number of hydrogen-bond donors (Lipinski definition) is 1. The smallest absolute Gasteiger partial charge is 0.132 e. The van der Waals surface area contributed by atoms with Gasteiger partial charge in [0, 0.05) is 12.6 Å². The Bertz CT molecular complexity index is 425. The molecule has 1 heterocycles. The Morgan fingerprint density at radius 1 is 1.50 bits per heavy atom. The molecule has 4 nitrogen and oxygen atoms in total. The van der Waals surface area contributed by atoms with E-state index < -0.39 is 0 Å². The maximum absolute atomic E-state index is 8.82. The molecule has 0 amide bonds. The minimum atomic E-state index is 0.343. The highest BCUT2D eigenvalue weighted by atomic mass is 35.5. The van der Waals surface area contributed by atoms with E-state index in [4.69, 9.17) is 16.9 Å². The molecule has 0 atom stereocenters. The molecule has 1 aromatic rings. The van der Waals surface area contributed by atoms with Crippen LogP contribution in [0.4, 0.5) is 5.82 Å². The first-order valence-corrected chi connectivity index (χ1v) is 6.42. The van der Waals surface area contributed by atoms with Gasteiger partial charge >= 0.3 is 0 Å². The highest BCUT2D eigenvalue weighted by molar-refractivity contribution is 6.29. The largest absolute Gasteiger partial charge is 0.370 e. The zero-order valence-corrected chi connectivity index (χ0v) is 11.8. The molecular formula is C13H19ClN4. The average Bonchev–Trinajstić information content (AvgIpc) is 2.33. The van der Waals surface area contributed by atoms with Crippen LogP contribution in [0.5, 0.6) is 0 Å². The van der Waals surface area contributed by atoms with Crippen LogP contribution >= 0.6 is 11.6 Å². The lowest BCUT2D eigenvalue weighted by atomic mass is 10.3. The third-order valence-electron chi connectivity index (χ3n) is 2.80. The van der Waals surface area contributed by atoms with Crippen LogP contribution in [0.1, 0.15) is 25.8 Å². The summed E-state index contributed by atoms with van der Waals surface area (Å²) in [6.45, 7) is 6.18. The fourth-order valence-corrected chi connectivity index (χ4v) is 1.66. The van der Waals surface area contributed by atoms with Crippen LogP contribution in [0.25, 0.3) is 0 Å². The van der Waals surface area contributed by atoms with Crippen molar-refractivity contribution >= 4 is 17.4 Å². The standard InChI is InChI=1S/C13H19ClN4/c1-10(2)18(3)6-4-5-16-13-8-11(9-15)7-12(14)17-13/h7-8,10H,4-6H2,1-3H3,(H,16,17). The number of nitrogens with zero attached hydrogens (tertiary/aromatic N) is 3. The second-order valence-electron chi connectivity index (χ2n) is 4.53. The molecule has 98 valence electrons. The van der Waals surface area contributed by atoms with Gasteiger partial charge in [0.15, 0.2) is 0 Å². The van der Waals surface area contributed by atoms with Crippen LogP contribution in [0.3, 0.4) is 0 Å². The maximum atomic E-state index is 8.82. The summed E-state index contributed by atoms with van der Waals surface area (Å²) in [6.07, 6.45) is 1.02. The molecule has 0 aromatic carbocycles. The fraction of sp³-hybridized carbons (Fsp3) is 0.538. The van der Waals surface area contributed by atoms with Crippen LogP contribution in [0.2, 0.25) is 5.15 Å². The third-order valence-corrected chi connectivity index (χ3v) is 2.99. The van der Waals surface area contributed by atoms with E-state index >= 15 is 0 Å². The lowest BCUT2D eigenvalue weighted by Crippen LogP contribution is -2.28. The van der Waals surface area contributed by atoms with Crippen molar-refractivity contribution < 1.29 is 0 Å². The minimum Gasteiger partial charge on any atom is -0.370 e. The Balaban J connectivity index is 2.40. The van der Waals surface area contributed by atoms with Crippen molar-refractivity contribution in [3.63, 3.8) is 0 Å². The summed E-state index contributed by atoms with van der Waals surface area (Å²) in [7, 11) is 2.11. The Morgan fingerprint density at radius 2 is 2.22 bits per heavy atom.